The molecular formula is C25H27N3. The molecule has 3 aromatic carbocycles. The fraction of sp³-hybridized carbons (Fsp3) is 0.320. The van der Waals surface area contributed by atoms with Crippen molar-refractivity contribution < 1.29 is 0 Å². The minimum atomic E-state index is 0.593. The third-order valence-corrected chi connectivity index (χ3v) is 5.86. The van der Waals surface area contributed by atoms with Gasteiger partial charge in [-0.3, -0.25) is 9.80 Å². The van der Waals surface area contributed by atoms with E-state index in [0.717, 1.165) is 18.5 Å². The highest BCUT2D eigenvalue weighted by Crippen LogP contribution is 2.26. The van der Waals surface area contributed by atoms with Crippen LogP contribution >= 0.6 is 0 Å². The Morgan fingerprint density at radius 1 is 0.964 bits per heavy atom. The molecule has 0 aliphatic carbocycles. The summed E-state index contributed by atoms with van der Waals surface area (Å²) in [7, 11) is 4.37. The molecule has 1 aliphatic heterocycles. The highest BCUT2D eigenvalue weighted by Gasteiger charge is 2.25. The Kier molecular flexibility index (Phi) is 5.43. The van der Waals surface area contributed by atoms with Gasteiger partial charge in [0, 0.05) is 6.54 Å². The predicted molar refractivity (Wildman–Crippen MR) is 116 cm³/mol. The molecule has 28 heavy (non-hydrogen) atoms. The Morgan fingerprint density at radius 3 is 2.43 bits per heavy atom. The van der Waals surface area contributed by atoms with Gasteiger partial charge in [0.25, 0.3) is 0 Å². The van der Waals surface area contributed by atoms with Crippen LogP contribution in [0.5, 0.6) is 0 Å². The van der Waals surface area contributed by atoms with E-state index < -0.39 is 0 Å². The molecular weight excluding hydrogens is 342 g/mol. The second-order valence-electron chi connectivity index (χ2n) is 7.96. The van der Waals surface area contributed by atoms with Gasteiger partial charge in [-0.25, -0.2) is 0 Å². The molecule has 1 saturated heterocycles. The Balaban J connectivity index is 1.49. The molecule has 1 atom stereocenters. The number of fused-ring (bicyclic) bond motifs is 1. The van der Waals surface area contributed by atoms with Crippen LogP contribution in [0.1, 0.15) is 24.0 Å². The van der Waals surface area contributed by atoms with E-state index in [1.54, 1.807) is 0 Å². The van der Waals surface area contributed by atoms with E-state index in [0.29, 0.717) is 11.7 Å². The number of hydrogen-bond acceptors (Lipinski definition) is 3. The third-order valence-electron chi connectivity index (χ3n) is 5.86. The number of benzene rings is 3. The Hall–Kier alpha value is -2.67. The molecule has 0 radical (unpaired) electrons. The van der Waals surface area contributed by atoms with Crippen LogP contribution in [0.4, 0.5) is 0 Å². The van der Waals surface area contributed by atoms with Crippen molar-refractivity contribution in [3.63, 3.8) is 0 Å². The van der Waals surface area contributed by atoms with Gasteiger partial charge in [0.1, 0.15) is 0 Å². The summed E-state index contributed by atoms with van der Waals surface area (Å²) in [5.74, 6) is 0. The number of hydrogen-bond donors (Lipinski definition) is 0. The summed E-state index contributed by atoms with van der Waals surface area (Å²) in [5, 5.41) is 11.5. The topological polar surface area (TPSA) is 30.3 Å². The fourth-order valence-corrected chi connectivity index (χ4v) is 4.29. The number of nitriles is 1. The zero-order valence-electron chi connectivity index (χ0n) is 16.7. The molecule has 0 spiro atoms. The minimum absolute atomic E-state index is 0.593. The molecule has 0 aromatic heterocycles. The van der Waals surface area contributed by atoms with Crippen LogP contribution < -0.4 is 0 Å². The van der Waals surface area contributed by atoms with Crippen molar-refractivity contribution in [1.82, 2.24) is 9.80 Å². The normalized spacial score (nSPS) is 17.3. The lowest BCUT2D eigenvalue weighted by molar-refractivity contribution is 0.122. The first-order valence-electron chi connectivity index (χ1n) is 10.1. The Labute approximate surface area is 167 Å². The summed E-state index contributed by atoms with van der Waals surface area (Å²) in [5.41, 5.74) is 4.44. The quantitative estimate of drug-likeness (QED) is 0.640. The molecule has 1 heterocycles. The van der Waals surface area contributed by atoms with E-state index in [-0.39, 0.29) is 0 Å². The first-order chi connectivity index (χ1) is 13.6. The maximum atomic E-state index is 8.97. The van der Waals surface area contributed by atoms with Crippen molar-refractivity contribution >= 4 is 10.8 Å². The lowest BCUT2D eigenvalue weighted by Gasteiger charge is -2.29. The zero-order chi connectivity index (χ0) is 19.5. The van der Waals surface area contributed by atoms with Crippen LogP contribution in [0.2, 0.25) is 0 Å². The van der Waals surface area contributed by atoms with Crippen molar-refractivity contribution in [1.29, 1.82) is 5.26 Å². The summed E-state index contributed by atoms with van der Waals surface area (Å²) in [6, 6.07) is 23.4. The Morgan fingerprint density at radius 2 is 1.68 bits per heavy atom. The van der Waals surface area contributed by atoms with Gasteiger partial charge in [-0.1, -0.05) is 42.5 Å². The first-order valence-corrected chi connectivity index (χ1v) is 10.1. The highest BCUT2D eigenvalue weighted by molar-refractivity contribution is 5.87. The van der Waals surface area contributed by atoms with E-state index >= 15 is 0 Å². The van der Waals surface area contributed by atoms with E-state index in [2.05, 4.69) is 66.4 Å². The van der Waals surface area contributed by atoms with Crippen molar-refractivity contribution in [3.05, 3.63) is 71.8 Å². The molecule has 0 bridgehead atoms. The largest absolute Gasteiger partial charge is 0.294 e. The summed E-state index contributed by atoms with van der Waals surface area (Å²) >= 11 is 0. The van der Waals surface area contributed by atoms with Gasteiger partial charge in [0.15, 0.2) is 0 Å². The van der Waals surface area contributed by atoms with Gasteiger partial charge in [-0.05, 0) is 85.6 Å². The highest BCUT2D eigenvalue weighted by atomic mass is 15.3. The monoisotopic (exact) mass is 369 g/mol. The van der Waals surface area contributed by atoms with Gasteiger partial charge >= 0.3 is 0 Å². The van der Waals surface area contributed by atoms with Gasteiger partial charge in [0.2, 0.25) is 0 Å². The van der Waals surface area contributed by atoms with Gasteiger partial charge in [0.05, 0.1) is 17.8 Å². The van der Waals surface area contributed by atoms with Crippen LogP contribution in [0.15, 0.2) is 60.7 Å². The number of rotatable bonds is 5. The second kappa shape index (κ2) is 8.14. The van der Waals surface area contributed by atoms with Crippen LogP contribution in [0.3, 0.4) is 0 Å². The van der Waals surface area contributed by atoms with E-state index in [1.165, 1.54) is 41.3 Å². The predicted octanol–water partition coefficient (Wildman–Crippen LogP) is 4.90. The number of likely N-dealkylation sites (tertiary alicyclic amines) is 1. The molecule has 0 saturated carbocycles. The molecule has 0 amide bonds. The maximum Gasteiger partial charge on any atom is 0.0991 e. The van der Waals surface area contributed by atoms with Gasteiger partial charge in [-0.15, -0.1) is 0 Å². The van der Waals surface area contributed by atoms with Crippen molar-refractivity contribution in [2.75, 3.05) is 27.2 Å². The molecule has 0 N–H and O–H groups in total. The summed E-state index contributed by atoms with van der Waals surface area (Å²) < 4.78 is 0. The summed E-state index contributed by atoms with van der Waals surface area (Å²) in [6.07, 6.45) is 4.27. The molecule has 3 nitrogen and oxygen atoms in total. The van der Waals surface area contributed by atoms with Gasteiger partial charge < -0.3 is 0 Å². The van der Waals surface area contributed by atoms with Crippen molar-refractivity contribution in [2.45, 2.75) is 25.4 Å². The number of nitrogens with zero attached hydrogens (tertiary/aromatic N) is 3. The lowest BCUT2D eigenvalue weighted by Crippen LogP contribution is -2.41. The average molecular weight is 370 g/mol. The molecule has 1 aliphatic rings. The van der Waals surface area contributed by atoms with Crippen LogP contribution in [0, 0.1) is 11.3 Å². The summed E-state index contributed by atoms with van der Waals surface area (Å²) in [6.45, 7) is 2.34. The molecule has 3 heteroatoms. The third kappa shape index (κ3) is 3.94. The molecule has 4 rings (SSSR count). The standard InChI is InChI=1S/C25H27N3/c1-27(2)25-4-3-14-28(25)15-13-19-5-10-24-17-23(12-11-22(24)16-19)21-8-6-20(18-26)7-9-21/h5-12,16-17,25H,3-4,13-15H2,1-2H3. The molecule has 142 valence electrons. The van der Waals surface area contributed by atoms with Crippen LogP contribution in [0.25, 0.3) is 21.9 Å². The van der Waals surface area contributed by atoms with Gasteiger partial charge in [-0.2, -0.15) is 5.26 Å². The Bertz CT molecular complexity index is 998. The molecule has 1 fully saturated rings. The van der Waals surface area contributed by atoms with Crippen LogP contribution in [-0.2, 0) is 6.42 Å². The minimum Gasteiger partial charge on any atom is -0.294 e. The average Bonchev–Trinajstić information content (AvgIpc) is 3.21. The summed E-state index contributed by atoms with van der Waals surface area (Å²) in [4.78, 5) is 4.95. The van der Waals surface area contributed by atoms with Crippen molar-refractivity contribution in [2.24, 2.45) is 0 Å². The van der Waals surface area contributed by atoms with Crippen LogP contribution in [-0.4, -0.2) is 43.2 Å². The van der Waals surface area contributed by atoms with E-state index in [1.807, 2.05) is 24.3 Å². The SMILES string of the molecule is CN(C)C1CCCN1CCc1ccc2cc(-c3ccc(C#N)cc3)ccc2c1. The molecule has 3 aromatic rings. The van der Waals surface area contributed by atoms with E-state index in [4.69, 9.17) is 5.26 Å². The first kappa shape index (κ1) is 18.7. The van der Waals surface area contributed by atoms with Crippen molar-refractivity contribution in [3.8, 4) is 17.2 Å². The smallest absolute Gasteiger partial charge is 0.0991 e. The lowest BCUT2D eigenvalue weighted by atomic mass is 9.98. The van der Waals surface area contributed by atoms with E-state index in [9.17, 15) is 0 Å². The fourth-order valence-electron chi connectivity index (χ4n) is 4.29. The maximum absolute atomic E-state index is 8.97. The second-order valence-corrected chi connectivity index (χ2v) is 7.96. The zero-order valence-corrected chi connectivity index (χ0v) is 16.7. The molecule has 1 unspecified atom stereocenters.